The second-order valence-corrected chi connectivity index (χ2v) is 5.26. The summed E-state index contributed by atoms with van der Waals surface area (Å²) in [6.07, 6.45) is 7.13. The molecule has 1 nitrogen and oxygen atoms in total. The molecule has 1 heteroatoms. The maximum absolute atomic E-state index is 3.60. The van der Waals surface area contributed by atoms with Gasteiger partial charge in [-0.15, -0.1) is 0 Å². The highest BCUT2D eigenvalue weighted by molar-refractivity contribution is 5.48. The first kappa shape index (κ1) is 11.5. The third kappa shape index (κ3) is 3.26. The minimum atomic E-state index is 0.898. The third-order valence-electron chi connectivity index (χ3n) is 3.54. The van der Waals surface area contributed by atoms with Crippen molar-refractivity contribution in [2.24, 2.45) is 5.92 Å². The van der Waals surface area contributed by atoms with Gasteiger partial charge in [-0.2, -0.15) is 0 Å². The van der Waals surface area contributed by atoms with E-state index in [-0.39, 0.29) is 0 Å². The fourth-order valence-electron chi connectivity index (χ4n) is 2.73. The monoisotopic (exact) mass is 217 g/mol. The number of nitrogens with one attached hydrogen (secondary N) is 1. The quantitative estimate of drug-likeness (QED) is 0.796. The van der Waals surface area contributed by atoms with Crippen molar-refractivity contribution < 1.29 is 0 Å². The molecule has 1 aliphatic carbocycles. The molecule has 0 amide bonds. The molecule has 88 valence electrons. The lowest BCUT2D eigenvalue weighted by atomic mass is 9.89. The molecule has 0 saturated heterocycles. The van der Waals surface area contributed by atoms with Gasteiger partial charge < -0.3 is 5.32 Å². The summed E-state index contributed by atoms with van der Waals surface area (Å²) in [4.78, 5) is 0. The zero-order valence-electron chi connectivity index (χ0n) is 10.6. The van der Waals surface area contributed by atoms with Gasteiger partial charge in [-0.1, -0.05) is 25.3 Å². The zero-order chi connectivity index (χ0) is 11.4. The smallest absolute Gasteiger partial charge is 0.0345 e. The summed E-state index contributed by atoms with van der Waals surface area (Å²) in [6, 6.07) is 6.72. The highest BCUT2D eigenvalue weighted by Gasteiger charge is 2.12. The second kappa shape index (κ2) is 5.38. The molecular weight excluding hydrogens is 194 g/mol. The van der Waals surface area contributed by atoms with Gasteiger partial charge in [0.05, 0.1) is 0 Å². The van der Waals surface area contributed by atoms with Crippen LogP contribution in [0.2, 0.25) is 0 Å². The molecule has 0 aromatic heterocycles. The van der Waals surface area contributed by atoms with E-state index in [1.165, 1.54) is 48.9 Å². The summed E-state index contributed by atoms with van der Waals surface area (Å²) in [6.45, 7) is 5.49. The SMILES string of the molecule is Cc1cc(C)cc(NCC2CCCCC2)c1. The van der Waals surface area contributed by atoms with Gasteiger partial charge in [-0.05, 0) is 55.9 Å². The van der Waals surface area contributed by atoms with E-state index in [0.717, 1.165) is 12.5 Å². The van der Waals surface area contributed by atoms with Crippen LogP contribution in [0.25, 0.3) is 0 Å². The van der Waals surface area contributed by atoms with Crippen molar-refractivity contribution in [3.63, 3.8) is 0 Å². The van der Waals surface area contributed by atoms with Gasteiger partial charge in [0.2, 0.25) is 0 Å². The molecule has 0 aliphatic heterocycles. The number of aryl methyl sites for hydroxylation is 2. The van der Waals surface area contributed by atoms with Crippen LogP contribution in [0.1, 0.15) is 43.2 Å². The molecule has 0 heterocycles. The topological polar surface area (TPSA) is 12.0 Å². The average Bonchev–Trinajstić information content (AvgIpc) is 2.27. The van der Waals surface area contributed by atoms with Crippen molar-refractivity contribution in [3.8, 4) is 0 Å². The van der Waals surface area contributed by atoms with Crippen LogP contribution < -0.4 is 5.32 Å². The lowest BCUT2D eigenvalue weighted by molar-refractivity contribution is 0.373. The Morgan fingerprint density at radius 1 is 1.00 bits per heavy atom. The second-order valence-electron chi connectivity index (χ2n) is 5.26. The van der Waals surface area contributed by atoms with Crippen LogP contribution in [0.4, 0.5) is 5.69 Å². The molecule has 0 atom stereocenters. The highest BCUT2D eigenvalue weighted by atomic mass is 14.9. The van der Waals surface area contributed by atoms with E-state index >= 15 is 0 Å². The minimum absolute atomic E-state index is 0.898. The number of rotatable bonds is 3. The number of benzene rings is 1. The molecule has 1 aromatic rings. The van der Waals surface area contributed by atoms with Crippen LogP contribution in [0.3, 0.4) is 0 Å². The first-order chi connectivity index (χ1) is 7.74. The van der Waals surface area contributed by atoms with E-state index in [2.05, 4.69) is 37.4 Å². The third-order valence-corrected chi connectivity index (χ3v) is 3.54. The Labute approximate surface area is 99.3 Å². The number of hydrogen-bond acceptors (Lipinski definition) is 1. The maximum atomic E-state index is 3.60. The Morgan fingerprint density at radius 3 is 2.25 bits per heavy atom. The van der Waals surface area contributed by atoms with Crippen molar-refractivity contribution >= 4 is 5.69 Å². The Kier molecular flexibility index (Phi) is 3.87. The van der Waals surface area contributed by atoms with Crippen LogP contribution in [0.15, 0.2) is 18.2 Å². The van der Waals surface area contributed by atoms with E-state index in [9.17, 15) is 0 Å². The normalized spacial score (nSPS) is 17.4. The highest BCUT2D eigenvalue weighted by Crippen LogP contribution is 2.24. The van der Waals surface area contributed by atoms with Gasteiger partial charge in [-0.25, -0.2) is 0 Å². The lowest BCUT2D eigenvalue weighted by Gasteiger charge is -2.22. The van der Waals surface area contributed by atoms with Crippen LogP contribution in [0, 0.1) is 19.8 Å². The molecule has 1 aromatic carbocycles. The molecule has 0 unspecified atom stereocenters. The summed E-state index contributed by atoms with van der Waals surface area (Å²) < 4.78 is 0. The largest absolute Gasteiger partial charge is 0.385 e. The first-order valence-corrected chi connectivity index (χ1v) is 6.56. The zero-order valence-corrected chi connectivity index (χ0v) is 10.6. The van der Waals surface area contributed by atoms with Crippen LogP contribution >= 0.6 is 0 Å². The summed E-state index contributed by atoms with van der Waals surface area (Å²) in [7, 11) is 0. The van der Waals surface area contributed by atoms with E-state index in [4.69, 9.17) is 0 Å². The molecule has 0 radical (unpaired) electrons. The van der Waals surface area contributed by atoms with Crippen LogP contribution in [0.5, 0.6) is 0 Å². The summed E-state index contributed by atoms with van der Waals surface area (Å²) in [5.41, 5.74) is 4.00. The Balaban J connectivity index is 1.88. The summed E-state index contributed by atoms with van der Waals surface area (Å²) >= 11 is 0. The first-order valence-electron chi connectivity index (χ1n) is 6.56. The Morgan fingerprint density at radius 2 is 1.62 bits per heavy atom. The number of hydrogen-bond donors (Lipinski definition) is 1. The van der Waals surface area contributed by atoms with Gasteiger partial charge in [0, 0.05) is 12.2 Å². The lowest BCUT2D eigenvalue weighted by Crippen LogP contribution is -2.17. The van der Waals surface area contributed by atoms with Gasteiger partial charge in [-0.3, -0.25) is 0 Å². The van der Waals surface area contributed by atoms with E-state index in [0.29, 0.717) is 0 Å². The Bertz CT molecular complexity index is 317. The van der Waals surface area contributed by atoms with Gasteiger partial charge >= 0.3 is 0 Å². The van der Waals surface area contributed by atoms with Crippen LogP contribution in [-0.2, 0) is 0 Å². The number of anilines is 1. The standard InChI is InChI=1S/C15H23N/c1-12-8-13(2)10-15(9-12)16-11-14-6-4-3-5-7-14/h8-10,14,16H,3-7,11H2,1-2H3. The predicted octanol–water partition coefficient (Wildman–Crippen LogP) is 4.30. The minimum Gasteiger partial charge on any atom is -0.385 e. The molecule has 0 bridgehead atoms. The Hall–Kier alpha value is -0.980. The molecule has 16 heavy (non-hydrogen) atoms. The average molecular weight is 217 g/mol. The van der Waals surface area contributed by atoms with Gasteiger partial charge in [0.25, 0.3) is 0 Å². The molecule has 1 saturated carbocycles. The molecule has 1 aliphatic rings. The molecule has 0 spiro atoms. The van der Waals surface area contributed by atoms with Crippen LogP contribution in [-0.4, -0.2) is 6.54 Å². The fourth-order valence-corrected chi connectivity index (χ4v) is 2.73. The van der Waals surface area contributed by atoms with Crippen molar-refractivity contribution in [2.45, 2.75) is 46.0 Å². The van der Waals surface area contributed by atoms with Gasteiger partial charge in [0.1, 0.15) is 0 Å². The van der Waals surface area contributed by atoms with Crippen molar-refractivity contribution in [3.05, 3.63) is 29.3 Å². The van der Waals surface area contributed by atoms with Gasteiger partial charge in [0.15, 0.2) is 0 Å². The maximum Gasteiger partial charge on any atom is 0.0345 e. The molecular formula is C15H23N. The predicted molar refractivity (Wildman–Crippen MR) is 71.0 cm³/mol. The molecule has 1 N–H and O–H groups in total. The van der Waals surface area contributed by atoms with Crippen molar-refractivity contribution in [1.82, 2.24) is 0 Å². The van der Waals surface area contributed by atoms with Crippen molar-refractivity contribution in [1.29, 1.82) is 0 Å². The van der Waals surface area contributed by atoms with E-state index in [1.54, 1.807) is 0 Å². The van der Waals surface area contributed by atoms with E-state index < -0.39 is 0 Å². The van der Waals surface area contributed by atoms with E-state index in [1.807, 2.05) is 0 Å². The summed E-state index contributed by atoms with van der Waals surface area (Å²) in [5.74, 6) is 0.898. The summed E-state index contributed by atoms with van der Waals surface area (Å²) in [5, 5.41) is 3.60. The molecule has 1 fully saturated rings. The van der Waals surface area contributed by atoms with Crippen molar-refractivity contribution in [2.75, 3.05) is 11.9 Å². The fraction of sp³-hybridized carbons (Fsp3) is 0.600. The molecule has 2 rings (SSSR count).